The second-order valence-electron chi connectivity index (χ2n) is 8.32. The van der Waals surface area contributed by atoms with Crippen molar-refractivity contribution in [2.45, 2.75) is 76.0 Å². The van der Waals surface area contributed by atoms with Crippen LogP contribution in [0.2, 0.25) is 0 Å². The molecular formula is C22H29N3O2S2. The van der Waals surface area contributed by atoms with E-state index in [-0.39, 0.29) is 17.2 Å². The van der Waals surface area contributed by atoms with Gasteiger partial charge in [0, 0.05) is 17.5 Å². The smallest absolute Gasteiger partial charge is 0.263 e. The first-order chi connectivity index (χ1) is 14.1. The van der Waals surface area contributed by atoms with Gasteiger partial charge in [-0.2, -0.15) is 0 Å². The number of carbonyl (C=O) groups excluding carboxylic acids is 1. The first-order valence-electron chi connectivity index (χ1n) is 10.6. The van der Waals surface area contributed by atoms with Crippen LogP contribution in [0.25, 0.3) is 10.2 Å². The number of aromatic nitrogens is 2. The van der Waals surface area contributed by atoms with Gasteiger partial charge in [-0.3, -0.25) is 14.2 Å². The van der Waals surface area contributed by atoms with Crippen molar-refractivity contribution >= 4 is 39.2 Å². The van der Waals surface area contributed by atoms with Crippen molar-refractivity contribution in [1.82, 2.24) is 14.9 Å². The van der Waals surface area contributed by atoms with Gasteiger partial charge in [-0.25, -0.2) is 4.98 Å². The van der Waals surface area contributed by atoms with E-state index in [1.165, 1.54) is 41.5 Å². The molecule has 0 saturated heterocycles. The average molecular weight is 432 g/mol. The third kappa shape index (κ3) is 4.45. The van der Waals surface area contributed by atoms with Gasteiger partial charge in [0.05, 0.1) is 11.1 Å². The Morgan fingerprint density at radius 3 is 2.90 bits per heavy atom. The van der Waals surface area contributed by atoms with E-state index in [2.05, 4.69) is 18.8 Å². The van der Waals surface area contributed by atoms with Gasteiger partial charge in [-0.1, -0.05) is 44.0 Å². The minimum absolute atomic E-state index is 0.0112. The number of nitrogens with one attached hydrogen (secondary N) is 1. The Bertz CT molecular complexity index is 973. The lowest BCUT2D eigenvalue weighted by atomic mass is 9.89. The summed E-state index contributed by atoms with van der Waals surface area (Å²) >= 11 is 3.02. The molecule has 0 radical (unpaired) electrons. The summed E-state index contributed by atoms with van der Waals surface area (Å²) in [6.07, 6.45) is 10.6. The van der Waals surface area contributed by atoms with Gasteiger partial charge in [-0.15, -0.1) is 17.9 Å². The number of fused-ring (bicyclic) bond motifs is 3. The molecule has 2 aliphatic carbocycles. The fourth-order valence-electron chi connectivity index (χ4n) is 4.45. The number of aryl methyl sites for hydroxylation is 1. The third-order valence-corrected chi connectivity index (χ3v) is 8.12. The van der Waals surface area contributed by atoms with Crippen LogP contribution in [-0.4, -0.2) is 27.3 Å². The number of hydrogen-bond acceptors (Lipinski definition) is 5. The van der Waals surface area contributed by atoms with Crippen LogP contribution >= 0.6 is 23.1 Å². The molecule has 1 N–H and O–H groups in total. The predicted octanol–water partition coefficient (Wildman–Crippen LogP) is 4.31. The molecule has 2 aliphatic rings. The number of nitrogens with zero attached hydrogens (tertiary/aromatic N) is 2. The second kappa shape index (κ2) is 9.04. The molecule has 0 aromatic carbocycles. The number of hydrogen-bond donors (Lipinski definition) is 1. The van der Waals surface area contributed by atoms with Gasteiger partial charge in [0.2, 0.25) is 5.91 Å². The van der Waals surface area contributed by atoms with Crippen molar-refractivity contribution in [3.05, 3.63) is 33.4 Å². The predicted molar refractivity (Wildman–Crippen MR) is 121 cm³/mol. The fraction of sp³-hybridized carbons (Fsp3) is 0.591. The number of rotatable bonds is 6. The minimum Gasteiger partial charge on any atom is -0.353 e. The lowest BCUT2D eigenvalue weighted by Gasteiger charge is -2.22. The number of thioether (sulfide) groups is 1. The van der Waals surface area contributed by atoms with E-state index >= 15 is 0 Å². The van der Waals surface area contributed by atoms with E-state index in [1.54, 1.807) is 22.0 Å². The van der Waals surface area contributed by atoms with Crippen molar-refractivity contribution in [3.8, 4) is 0 Å². The molecule has 2 heterocycles. The number of carbonyl (C=O) groups is 1. The van der Waals surface area contributed by atoms with Crippen LogP contribution in [0.1, 0.15) is 55.9 Å². The van der Waals surface area contributed by atoms with Crippen molar-refractivity contribution in [2.75, 3.05) is 5.75 Å². The topological polar surface area (TPSA) is 64.0 Å². The summed E-state index contributed by atoms with van der Waals surface area (Å²) in [4.78, 5) is 32.7. The molecule has 156 valence electrons. The third-order valence-electron chi connectivity index (χ3n) is 5.99. The quantitative estimate of drug-likeness (QED) is 0.421. The van der Waals surface area contributed by atoms with Crippen LogP contribution in [0.4, 0.5) is 0 Å². The molecule has 2 aromatic heterocycles. The lowest BCUT2D eigenvalue weighted by Crippen LogP contribution is -2.37. The molecule has 29 heavy (non-hydrogen) atoms. The highest BCUT2D eigenvalue weighted by Gasteiger charge is 2.25. The highest BCUT2D eigenvalue weighted by atomic mass is 32.2. The van der Waals surface area contributed by atoms with E-state index in [1.807, 2.05) is 0 Å². The van der Waals surface area contributed by atoms with E-state index in [9.17, 15) is 9.59 Å². The lowest BCUT2D eigenvalue weighted by molar-refractivity contribution is -0.119. The first-order valence-corrected chi connectivity index (χ1v) is 12.4. The standard InChI is InChI=1S/C22H29N3O2S2/c1-3-11-25-21(27)19-16-10-9-14(2)12-17(16)29-20(19)24-22(25)28-13-18(26)23-15-7-5-4-6-8-15/h3,14-15H,1,4-13H2,2H3,(H,23,26). The van der Waals surface area contributed by atoms with Crippen LogP contribution in [0.15, 0.2) is 22.6 Å². The van der Waals surface area contributed by atoms with Gasteiger partial charge in [-0.05, 0) is 43.6 Å². The highest BCUT2D eigenvalue weighted by Crippen LogP contribution is 2.36. The van der Waals surface area contributed by atoms with Crippen LogP contribution in [-0.2, 0) is 24.2 Å². The van der Waals surface area contributed by atoms with Crippen LogP contribution < -0.4 is 10.9 Å². The summed E-state index contributed by atoms with van der Waals surface area (Å²) in [5, 5.41) is 4.55. The maximum absolute atomic E-state index is 13.3. The van der Waals surface area contributed by atoms with Gasteiger partial charge in [0.1, 0.15) is 4.83 Å². The van der Waals surface area contributed by atoms with Crippen molar-refractivity contribution in [1.29, 1.82) is 0 Å². The molecule has 2 aromatic rings. The van der Waals surface area contributed by atoms with Crippen molar-refractivity contribution in [3.63, 3.8) is 0 Å². The summed E-state index contributed by atoms with van der Waals surface area (Å²) in [5.74, 6) is 0.970. The molecule has 0 bridgehead atoms. The normalized spacial score (nSPS) is 19.8. The maximum Gasteiger partial charge on any atom is 0.263 e. The van der Waals surface area contributed by atoms with Gasteiger partial charge in [0.15, 0.2) is 5.16 Å². The van der Waals surface area contributed by atoms with E-state index < -0.39 is 0 Å². The van der Waals surface area contributed by atoms with Gasteiger partial charge < -0.3 is 5.32 Å². The van der Waals surface area contributed by atoms with E-state index in [0.717, 1.165) is 42.3 Å². The van der Waals surface area contributed by atoms with Crippen LogP contribution in [0.3, 0.4) is 0 Å². The molecule has 0 spiro atoms. The molecule has 5 nitrogen and oxygen atoms in total. The molecule has 1 unspecified atom stereocenters. The van der Waals surface area contributed by atoms with E-state index in [4.69, 9.17) is 4.98 Å². The Hall–Kier alpha value is -1.60. The zero-order chi connectivity index (χ0) is 20.4. The number of thiophene rings is 1. The largest absolute Gasteiger partial charge is 0.353 e. The molecule has 1 saturated carbocycles. The van der Waals surface area contributed by atoms with E-state index in [0.29, 0.717) is 23.7 Å². The zero-order valence-electron chi connectivity index (χ0n) is 17.0. The first kappa shape index (κ1) is 20.7. The second-order valence-corrected chi connectivity index (χ2v) is 10.3. The molecule has 1 amide bonds. The monoisotopic (exact) mass is 431 g/mol. The van der Waals surface area contributed by atoms with Crippen LogP contribution in [0, 0.1) is 5.92 Å². The van der Waals surface area contributed by atoms with Crippen LogP contribution in [0.5, 0.6) is 0 Å². The molecule has 1 atom stereocenters. The summed E-state index contributed by atoms with van der Waals surface area (Å²) in [6, 6.07) is 0.300. The average Bonchev–Trinajstić information content (AvgIpc) is 3.07. The van der Waals surface area contributed by atoms with Gasteiger partial charge in [0.25, 0.3) is 5.56 Å². The Labute approximate surface area is 180 Å². The van der Waals surface area contributed by atoms with Crippen molar-refractivity contribution in [2.24, 2.45) is 5.92 Å². The number of allylic oxidation sites excluding steroid dienone is 1. The van der Waals surface area contributed by atoms with Crippen molar-refractivity contribution < 1.29 is 4.79 Å². The Balaban J connectivity index is 1.58. The zero-order valence-corrected chi connectivity index (χ0v) is 18.7. The molecular weight excluding hydrogens is 402 g/mol. The fourth-order valence-corrected chi connectivity index (χ4v) is 6.70. The Morgan fingerprint density at radius 2 is 2.14 bits per heavy atom. The summed E-state index contributed by atoms with van der Waals surface area (Å²) in [6.45, 7) is 6.48. The summed E-state index contributed by atoms with van der Waals surface area (Å²) in [7, 11) is 0. The Morgan fingerprint density at radius 1 is 1.34 bits per heavy atom. The summed E-state index contributed by atoms with van der Waals surface area (Å²) < 4.78 is 1.68. The Kier molecular flexibility index (Phi) is 6.44. The molecule has 1 fully saturated rings. The summed E-state index contributed by atoms with van der Waals surface area (Å²) in [5.41, 5.74) is 1.21. The molecule has 4 rings (SSSR count). The minimum atomic E-state index is 0.0112. The maximum atomic E-state index is 13.3. The highest BCUT2D eigenvalue weighted by molar-refractivity contribution is 7.99. The SMILES string of the molecule is C=CCn1c(SCC(=O)NC2CCCCC2)nc2sc3c(c2c1=O)CCC(C)C3. The number of amides is 1. The molecule has 7 heteroatoms. The van der Waals surface area contributed by atoms with Gasteiger partial charge >= 0.3 is 0 Å². The molecule has 0 aliphatic heterocycles.